The molecule has 0 fully saturated rings. The highest BCUT2D eigenvalue weighted by Gasteiger charge is 2.11. The van der Waals surface area contributed by atoms with Crippen LogP contribution < -0.4 is 5.32 Å². The number of aromatic nitrogens is 2. The highest BCUT2D eigenvalue weighted by atomic mass is 35.5. The first kappa shape index (κ1) is 13.5. The Bertz CT molecular complexity index is 333. The molecular weight excluding hydrogens is 222 g/mol. The number of nitrogens with one attached hydrogen (secondary N) is 1. The summed E-state index contributed by atoms with van der Waals surface area (Å²) in [6, 6.07) is 0.584. The predicted molar refractivity (Wildman–Crippen MR) is 69.0 cm³/mol. The number of hydrogen-bond donors (Lipinski definition) is 1. The fourth-order valence-electron chi connectivity index (χ4n) is 1.99. The topological polar surface area (TPSA) is 29.9 Å². The Morgan fingerprint density at radius 2 is 2.19 bits per heavy atom. The molecule has 1 unspecified atom stereocenters. The van der Waals surface area contributed by atoms with Crippen LogP contribution in [0.5, 0.6) is 0 Å². The van der Waals surface area contributed by atoms with Crippen molar-refractivity contribution >= 4 is 11.6 Å². The molecule has 1 rings (SSSR count). The summed E-state index contributed by atoms with van der Waals surface area (Å²) < 4.78 is 1.75. The van der Waals surface area contributed by atoms with Gasteiger partial charge in [0.1, 0.15) is 5.15 Å². The van der Waals surface area contributed by atoms with E-state index in [1.807, 2.05) is 14.0 Å². The van der Waals surface area contributed by atoms with Crippen molar-refractivity contribution < 1.29 is 0 Å². The average Bonchev–Trinajstić information content (AvgIpc) is 2.45. The third kappa shape index (κ3) is 3.49. The van der Waals surface area contributed by atoms with Gasteiger partial charge in [-0.1, -0.05) is 18.5 Å². The SMILES string of the molecule is CCNC(C)CCCc1c(C)nn(C)c1Cl. The van der Waals surface area contributed by atoms with Gasteiger partial charge in [0.25, 0.3) is 0 Å². The summed E-state index contributed by atoms with van der Waals surface area (Å²) in [5, 5.41) is 8.51. The summed E-state index contributed by atoms with van der Waals surface area (Å²) in [5.74, 6) is 0. The summed E-state index contributed by atoms with van der Waals surface area (Å²) in [6.07, 6.45) is 3.35. The Morgan fingerprint density at radius 3 is 2.69 bits per heavy atom. The Morgan fingerprint density at radius 1 is 1.50 bits per heavy atom. The van der Waals surface area contributed by atoms with Crippen LogP contribution in [0.25, 0.3) is 0 Å². The Labute approximate surface area is 103 Å². The van der Waals surface area contributed by atoms with Gasteiger partial charge in [-0.2, -0.15) is 5.10 Å². The second-order valence-corrected chi connectivity index (χ2v) is 4.69. The molecule has 92 valence electrons. The monoisotopic (exact) mass is 243 g/mol. The molecule has 0 saturated carbocycles. The first-order valence-electron chi connectivity index (χ1n) is 5.97. The van der Waals surface area contributed by atoms with Crippen LogP contribution in [-0.4, -0.2) is 22.4 Å². The highest BCUT2D eigenvalue weighted by molar-refractivity contribution is 6.30. The van der Waals surface area contributed by atoms with Crippen molar-refractivity contribution in [3.8, 4) is 0 Å². The number of hydrogen-bond acceptors (Lipinski definition) is 2. The third-order valence-corrected chi connectivity index (χ3v) is 3.36. The minimum atomic E-state index is 0.584. The van der Waals surface area contributed by atoms with Crippen LogP contribution in [0.4, 0.5) is 0 Å². The highest BCUT2D eigenvalue weighted by Crippen LogP contribution is 2.20. The van der Waals surface area contributed by atoms with E-state index in [2.05, 4.69) is 24.3 Å². The summed E-state index contributed by atoms with van der Waals surface area (Å²) in [7, 11) is 1.89. The molecule has 0 bridgehead atoms. The van der Waals surface area contributed by atoms with E-state index in [9.17, 15) is 0 Å². The van der Waals surface area contributed by atoms with Crippen molar-refractivity contribution in [3.63, 3.8) is 0 Å². The van der Waals surface area contributed by atoms with E-state index in [-0.39, 0.29) is 0 Å². The Balaban J connectivity index is 2.43. The smallest absolute Gasteiger partial charge is 0.130 e. The molecule has 0 aliphatic rings. The quantitative estimate of drug-likeness (QED) is 0.833. The van der Waals surface area contributed by atoms with Crippen LogP contribution in [0.2, 0.25) is 5.15 Å². The largest absolute Gasteiger partial charge is 0.315 e. The maximum Gasteiger partial charge on any atom is 0.130 e. The van der Waals surface area contributed by atoms with Crippen molar-refractivity contribution in [3.05, 3.63) is 16.4 Å². The second kappa shape index (κ2) is 6.26. The summed E-state index contributed by atoms with van der Waals surface area (Å²) in [6.45, 7) is 7.42. The lowest BCUT2D eigenvalue weighted by Gasteiger charge is -2.11. The molecule has 16 heavy (non-hydrogen) atoms. The fraction of sp³-hybridized carbons (Fsp3) is 0.750. The van der Waals surface area contributed by atoms with E-state index >= 15 is 0 Å². The van der Waals surface area contributed by atoms with E-state index in [1.54, 1.807) is 4.68 Å². The van der Waals surface area contributed by atoms with E-state index in [1.165, 1.54) is 12.0 Å². The second-order valence-electron chi connectivity index (χ2n) is 4.33. The van der Waals surface area contributed by atoms with Gasteiger partial charge in [-0.3, -0.25) is 4.68 Å². The van der Waals surface area contributed by atoms with Crippen molar-refractivity contribution in [2.75, 3.05) is 6.54 Å². The number of rotatable bonds is 6. The maximum atomic E-state index is 6.18. The van der Waals surface area contributed by atoms with Gasteiger partial charge in [0, 0.05) is 18.7 Å². The molecule has 0 amide bonds. The van der Waals surface area contributed by atoms with Gasteiger partial charge in [-0.05, 0) is 39.7 Å². The van der Waals surface area contributed by atoms with Gasteiger partial charge >= 0.3 is 0 Å². The molecular formula is C12H22ClN3. The van der Waals surface area contributed by atoms with Crippen LogP contribution in [0, 0.1) is 6.92 Å². The molecule has 0 saturated heterocycles. The molecule has 1 atom stereocenters. The molecule has 0 spiro atoms. The number of aryl methyl sites for hydroxylation is 2. The van der Waals surface area contributed by atoms with E-state index < -0.39 is 0 Å². The van der Waals surface area contributed by atoms with Crippen LogP contribution in [0.3, 0.4) is 0 Å². The van der Waals surface area contributed by atoms with E-state index in [0.717, 1.165) is 30.2 Å². The third-order valence-electron chi connectivity index (χ3n) is 2.89. The Kier molecular flexibility index (Phi) is 5.29. The first-order valence-corrected chi connectivity index (χ1v) is 6.35. The molecule has 0 aromatic carbocycles. The van der Waals surface area contributed by atoms with Crippen molar-refractivity contribution in [2.24, 2.45) is 7.05 Å². The fourth-order valence-corrected chi connectivity index (χ4v) is 2.26. The predicted octanol–water partition coefficient (Wildman–Crippen LogP) is 2.70. The first-order chi connectivity index (χ1) is 7.56. The lowest BCUT2D eigenvalue weighted by molar-refractivity contribution is 0.512. The van der Waals surface area contributed by atoms with Gasteiger partial charge in [0.2, 0.25) is 0 Å². The van der Waals surface area contributed by atoms with E-state index in [0.29, 0.717) is 6.04 Å². The van der Waals surface area contributed by atoms with Crippen LogP contribution in [0.15, 0.2) is 0 Å². The zero-order valence-corrected chi connectivity index (χ0v) is 11.4. The van der Waals surface area contributed by atoms with Crippen LogP contribution in [-0.2, 0) is 13.5 Å². The molecule has 1 aromatic heterocycles. The van der Waals surface area contributed by atoms with Gasteiger partial charge in [-0.15, -0.1) is 0 Å². The molecule has 1 heterocycles. The summed E-state index contributed by atoms with van der Waals surface area (Å²) in [5.41, 5.74) is 2.26. The normalized spacial score (nSPS) is 13.1. The molecule has 0 aliphatic heterocycles. The minimum absolute atomic E-state index is 0.584. The molecule has 1 N–H and O–H groups in total. The van der Waals surface area contributed by atoms with Gasteiger partial charge in [-0.25, -0.2) is 0 Å². The maximum absolute atomic E-state index is 6.18. The summed E-state index contributed by atoms with van der Waals surface area (Å²) in [4.78, 5) is 0. The molecule has 0 aliphatic carbocycles. The van der Waals surface area contributed by atoms with Crippen LogP contribution >= 0.6 is 11.6 Å². The lowest BCUT2D eigenvalue weighted by Crippen LogP contribution is -2.25. The van der Waals surface area contributed by atoms with Gasteiger partial charge in [0.15, 0.2) is 0 Å². The zero-order valence-electron chi connectivity index (χ0n) is 10.7. The summed E-state index contributed by atoms with van der Waals surface area (Å²) >= 11 is 6.18. The van der Waals surface area contributed by atoms with Crippen molar-refractivity contribution in [2.45, 2.75) is 46.1 Å². The standard InChI is InChI=1S/C12H22ClN3/c1-5-14-9(2)7-6-8-11-10(3)15-16(4)12(11)13/h9,14H,5-8H2,1-4H3. The molecule has 1 aromatic rings. The molecule has 3 nitrogen and oxygen atoms in total. The van der Waals surface area contributed by atoms with Crippen LogP contribution in [0.1, 0.15) is 37.9 Å². The van der Waals surface area contributed by atoms with Gasteiger partial charge in [0.05, 0.1) is 5.69 Å². The van der Waals surface area contributed by atoms with Crippen molar-refractivity contribution in [1.82, 2.24) is 15.1 Å². The zero-order chi connectivity index (χ0) is 12.1. The van der Waals surface area contributed by atoms with Crippen molar-refractivity contribution in [1.29, 1.82) is 0 Å². The van der Waals surface area contributed by atoms with E-state index in [4.69, 9.17) is 11.6 Å². The number of nitrogens with zero attached hydrogens (tertiary/aromatic N) is 2. The Hall–Kier alpha value is -0.540. The lowest BCUT2D eigenvalue weighted by atomic mass is 10.1. The molecule has 4 heteroatoms. The van der Waals surface area contributed by atoms with Gasteiger partial charge < -0.3 is 5.32 Å². The molecule has 0 radical (unpaired) electrons. The minimum Gasteiger partial charge on any atom is -0.315 e. The number of halogens is 1. The average molecular weight is 244 g/mol.